The standard InChI is InChI=1S/C20H24N4O3/c1-13-17(14(2)24(5)21-13)11-23(4)20(25)19-18(15(3)27-22-19)12-26-16-9-7-6-8-10-16/h6-10H,11-12H2,1-5H3. The van der Waals surface area contributed by atoms with Crippen LogP contribution in [0.4, 0.5) is 0 Å². The highest BCUT2D eigenvalue weighted by atomic mass is 16.5. The van der Waals surface area contributed by atoms with Gasteiger partial charge in [-0.25, -0.2) is 0 Å². The largest absolute Gasteiger partial charge is 0.489 e. The molecule has 0 saturated heterocycles. The van der Waals surface area contributed by atoms with E-state index in [1.807, 2.05) is 55.9 Å². The predicted molar refractivity (Wildman–Crippen MR) is 100 cm³/mol. The maximum absolute atomic E-state index is 12.9. The summed E-state index contributed by atoms with van der Waals surface area (Å²) in [5.74, 6) is 1.10. The number of carbonyl (C=O) groups is 1. The molecule has 0 atom stereocenters. The van der Waals surface area contributed by atoms with Gasteiger partial charge in [0.25, 0.3) is 5.91 Å². The fourth-order valence-corrected chi connectivity index (χ4v) is 2.94. The Labute approximate surface area is 158 Å². The van der Waals surface area contributed by atoms with Gasteiger partial charge in [0.05, 0.1) is 11.3 Å². The highest BCUT2D eigenvalue weighted by Gasteiger charge is 2.24. The van der Waals surface area contributed by atoms with Crippen LogP contribution in [0.3, 0.4) is 0 Å². The normalized spacial score (nSPS) is 10.9. The lowest BCUT2D eigenvalue weighted by molar-refractivity contribution is 0.0772. The van der Waals surface area contributed by atoms with Gasteiger partial charge in [-0.05, 0) is 32.9 Å². The van der Waals surface area contributed by atoms with E-state index in [1.165, 1.54) is 0 Å². The number of benzene rings is 1. The first-order chi connectivity index (χ1) is 12.9. The molecular weight excluding hydrogens is 344 g/mol. The second-order valence-corrected chi connectivity index (χ2v) is 6.60. The van der Waals surface area contributed by atoms with Gasteiger partial charge < -0.3 is 14.2 Å². The number of rotatable bonds is 6. The number of aryl methyl sites for hydroxylation is 3. The molecule has 0 aliphatic rings. The minimum atomic E-state index is -0.207. The highest BCUT2D eigenvalue weighted by Crippen LogP contribution is 2.20. The van der Waals surface area contributed by atoms with E-state index in [9.17, 15) is 4.79 Å². The summed E-state index contributed by atoms with van der Waals surface area (Å²) < 4.78 is 12.9. The average Bonchev–Trinajstić information content (AvgIpc) is 3.14. The first kappa shape index (κ1) is 18.7. The predicted octanol–water partition coefficient (Wildman–Crippen LogP) is 3.18. The molecule has 0 aliphatic heterocycles. The monoisotopic (exact) mass is 368 g/mol. The molecule has 27 heavy (non-hydrogen) atoms. The van der Waals surface area contributed by atoms with Crippen LogP contribution in [-0.2, 0) is 20.2 Å². The molecular formula is C20H24N4O3. The summed E-state index contributed by atoms with van der Waals surface area (Å²) in [6.45, 7) is 6.39. The minimum absolute atomic E-state index is 0.207. The Balaban J connectivity index is 1.76. The Morgan fingerprint density at radius 2 is 1.89 bits per heavy atom. The van der Waals surface area contributed by atoms with Gasteiger partial charge in [-0.3, -0.25) is 9.48 Å². The lowest BCUT2D eigenvalue weighted by Gasteiger charge is -2.17. The third-order valence-corrected chi connectivity index (χ3v) is 4.71. The molecule has 3 aromatic rings. The fraction of sp³-hybridized carbons (Fsp3) is 0.350. The maximum atomic E-state index is 12.9. The topological polar surface area (TPSA) is 73.4 Å². The molecule has 142 valence electrons. The third kappa shape index (κ3) is 3.86. The van der Waals surface area contributed by atoms with Crippen molar-refractivity contribution in [3.63, 3.8) is 0 Å². The molecule has 0 bridgehead atoms. The van der Waals surface area contributed by atoms with Gasteiger partial charge in [-0.2, -0.15) is 5.10 Å². The zero-order chi connectivity index (χ0) is 19.6. The summed E-state index contributed by atoms with van der Waals surface area (Å²) in [7, 11) is 3.65. The van der Waals surface area contributed by atoms with Crippen molar-refractivity contribution in [1.29, 1.82) is 0 Å². The summed E-state index contributed by atoms with van der Waals surface area (Å²) in [6.07, 6.45) is 0. The average molecular weight is 368 g/mol. The number of hydrogen-bond acceptors (Lipinski definition) is 5. The van der Waals surface area contributed by atoms with Crippen LogP contribution in [0.2, 0.25) is 0 Å². The molecule has 1 aromatic carbocycles. The van der Waals surface area contributed by atoms with E-state index < -0.39 is 0 Å². The van der Waals surface area contributed by atoms with E-state index in [4.69, 9.17) is 9.26 Å². The van der Waals surface area contributed by atoms with E-state index in [2.05, 4.69) is 10.3 Å². The first-order valence-electron chi connectivity index (χ1n) is 8.76. The number of ether oxygens (including phenoxy) is 1. The number of carbonyl (C=O) groups excluding carboxylic acids is 1. The van der Waals surface area contributed by atoms with Crippen LogP contribution in [0.25, 0.3) is 0 Å². The fourth-order valence-electron chi connectivity index (χ4n) is 2.94. The summed E-state index contributed by atoms with van der Waals surface area (Å²) >= 11 is 0. The van der Waals surface area contributed by atoms with Gasteiger partial charge in [0.2, 0.25) is 0 Å². The molecule has 2 aromatic heterocycles. The molecule has 7 heteroatoms. The highest BCUT2D eigenvalue weighted by molar-refractivity contribution is 5.93. The van der Waals surface area contributed by atoms with Crippen molar-refractivity contribution in [2.24, 2.45) is 7.05 Å². The van der Waals surface area contributed by atoms with Crippen LogP contribution in [-0.4, -0.2) is 32.8 Å². The zero-order valence-electron chi connectivity index (χ0n) is 16.3. The zero-order valence-corrected chi connectivity index (χ0v) is 16.3. The van der Waals surface area contributed by atoms with Crippen LogP contribution >= 0.6 is 0 Å². The summed E-state index contributed by atoms with van der Waals surface area (Å²) in [6, 6.07) is 9.45. The Bertz CT molecular complexity index is 944. The number of aromatic nitrogens is 3. The van der Waals surface area contributed by atoms with Gasteiger partial charge in [0.1, 0.15) is 18.1 Å². The number of para-hydroxylation sites is 1. The molecule has 3 rings (SSSR count). The number of hydrogen-bond donors (Lipinski definition) is 0. The van der Waals surface area contributed by atoms with Crippen molar-refractivity contribution < 1.29 is 14.1 Å². The van der Waals surface area contributed by atoms with Gasteiger partial charge in [-0.15, -0.1) is 0 Å². The van der Waals surface area contributed by atoms with Crippen molar-refractivity contribution in [3.8, 4) is 5.75 Å². The van der Waals surface area contributed by atoms with E-state index >= 15 is 0 Å². The molecule has 0 unspecified atom stereocenters. The van der Waals surface area contributed by atoms with Crippen LogP contribution in [0.15, 0.2) is 34.9 Å². The summed E-state index contributed by atoms with van der Waals surface area (Å²) in [4.78, 5) is 14.6. The molecule has 0 fully saturated rings. The van der Waals surface area contributed by atoms with E-state index in [1.54, 1.807) is 18.9 Å². The van der Waals surface area contributed by atoms with Gasteiger partial charge >= 0.3 is 0 Å². The Morgan fingerprint density at radius 3 is 2.52 bits per heavy atom. The second kappa shape index (κ2) is 7.65. The van der Waals surface area contributed by atoms with E-state index in [0.717, 1.165) is 22.7 Å². The molecule has 2 heterocycles. The SMILES string of the molecule is Cc1nn(C)c(C)c1CN(C)C(=O)c1noc(C)c1COc1ccccc1. The van der Waals surface area contributed by atoms with Crippen molar-refractivity contribution in [2.75, 3.05) is 7.05 Å². The molecule has 0 spiro atoms. The first-order valence-corrected chi connectivity index (χ1v) is 8.76. The maximum Gasteiger partial charge on any atom is 0.276 e. The van der Waals surface area contributed by atoms with Crippen molar-refractivity contribution >= 4 is 5.91 Å². The smallest absolute Gasteiger partial charge is 0.276 e. The Hall–Kier alpha value is -3.09. The van der Waals surface area contributed by atoms with Crippen LogP contribution in [0.5, 0.6) is 5.75 Å². The molecule has 0 saturated carbocycles. The molecule has 7 nitrogen and oxygen atoms in total. The lowest BCUT2D eigenvalue weighted by atomic mass is 10.1. The Kier molecular flexibility index (Phi) is 5.30. The van der Waals surface area contributed by atoms with Crippen LogP contribution in [0.1, 0.15) is 38.8 Å². The quantitative estimate of drug-likeness (QED) is 0.668. The number of nitrogens with zero attached hydrogens (tertiary/aromatic N) is 4. The van der Waals surface area contributed by atoms with Crippen LogP contribution < -0.4 is 4.74 Å². The van der Waals surface area contributed by atoms with Crippen molar-refractivity contribution in [3.05, 3.63) is 64.3 Å². The van der Waals surface area contributed by atoms with Gasteiger partial charge in [0, 0.05) is 31.9 Å². The molecule has 1 amide bonds. The molecule has 0 aliphatic carbocycles. The minimum Gasteiger partial charge on any atom is -0.489 e. The van der Waals surface area contributed by atoms with Crippen molar-refractivity contribution in [1.82, 2.24) is 19.8 Å². The molecule has 0 radical (unpaired) electrons. The van der Waals surface area contributed by atoms with E-state index in [0.29, 0.717) is 17.9 Å². The second-order valence-electron chi connectivity index (χ2n) is 6.60. The summed E-state index contributed by atoms with van der Waals surface area (Å²) in [5, 5.41) is 8.38. The van der Waals surface area contributed by atoms with Crippen LogP contribution in [0, 0.1) is 20.8 Å². The van der Waals surface area contributed by atoms with Gasteiger partial charge in [0.15, 0.2) is 5.69 Å². The number of amides is 1. The molecule has 0 N–H and O–H groups in total. The van der Waals surface area contributed by atoms with Crippen molar-refractivity contribution in [2.45, 2.75) is 33.9 Å². The summed E-state index contributed by atoms with van der Waals surface area (Å²) in [5.41, 5.74) is 3.94. The van der Waals surface area contributed by atoms with E-state index in [-0.39, 0.29) is 18.2 Å². The lowest BCUT2D eigenvalue weighted by Crippen LogP contribution is -2.28. The third-order valence-electron chi connectivity index (χ3n) is 4.71. The Morgan fingerprint density at radius 1 is 1.19 bits per heavy atom. The van der Waals surface area contributed by atoms with Gasteiger partial charge in [-0.1, -0.05) is 23.4 Å².